The Bertz CT molecular complexity index is 104. The molecule has 0 aromatic rings. The predicted octanol–water partition coefficient (Wildman–Crippen LogP) is 1.49. The Hall–Kier alpha value is 0.310. The van der Waals surface area contributed by atoms with Crippen LogP contribution < -0.4 is 5.32 Å². The van der Waals surface area contributed by atoms with Crippen LogP contribution in [0.4, 0.5) is 0 Å². The minimum Gasteiger partial charge on any atom is -0.314 e. The van der Waals surface area contributed by atoms with Crippen molar-refractivity contribution in [2.45, 2.75) is 25.3 Å². The van der Waals surface area contributed by atoms with E-state index in [0.717, 1.165) is 12.0 Å². The summed E-state index contributed by atoms with van der Waals surface area (Å²) in [6, 6.07) is 0.884. The summed E-state index contributed by atoms with van der Waals surface area (Å²) in [5, 5.41) is 3.59. The molecule has 1 N–H and O–H groups in total. The van der Waals surface area contributed by atoms with Crippen molar-refractivity contribution in [3.05, 3.63) is 0 Å². The van der Waals surface area contributed by atoms with Crippen LogP contribution in [0.2, 0.25) is 0 Å². The fourth-order valence-electron chi connectivity index (χ4n) is 2.05. The molecule has 2 aliphatic heterocycles. The number of hydrogen-bond donors (Lipinski definition) is 1. The third kappa shape index (κ3) is 1.32. The molecule has 10 heavy (non-hydrogen) atoms. The number of nitrogens with one attached hydrogen (secondary N) is 1. The number of hydrogen-bond acceptors (Lipinski definition) is 2. The van der Waals surface area contributed by atoms with Crippen molar-refractivity contribution in [2.75, 3.05) is 18.1 Å². The largest absolute Gasteiger partial charge is 0.314 e. The van der Waals surface area contributed by atoms with Crippen molar-refractivity contribution < 1.29 is 0 Å². The zero-order valence-corrected chi connectivity index (χ0v) is 7.12. The highest BCUT2D eigenvalue weighted by molar-refractivity contribution is 7.99. The van der Waals surface area contributed by atoms with Crippen LogP contribution in [-0.2, 0) is 0 Å². The quantitative estimate of drug-likeness (QED) is 0.572. The average molecular weight is 157 g/mol. The summed E-state index contributed by atoms with van der Waals surface area (Å²) in [5.41, 5.74) is 0. The van der Waals surface area contributed by atoms with E-state index in [9.17, 15) is 0 Å². The first-order valence-corrected chi connectivity index (χ1v) is 5.43. The van der Waals surface area contributed by atoms with Gasteiger partial charge >= 0.3 is 0 Å². The molecule has 1 nitrogen and oxygen atoms in total. The minimum absolute atomic E-state index is 0.884. The van der Waals surface area contributed by atoms with Crippen LogP contribution in [0.5, 0.6) is 0 Å². The second-order valence-electron chi connectivity index (χ2n) is 3.30. The van der Waals surface area contributed by atoms with Gasteiger partial charge < -0.3 is 5.32 Å². The zero-order chi connectivity index (χ0) is 6.81. The Labute approximate surface area is 67.0 Å². The Balaban J connectivity index is 1.95. The molecule has 2 heteroatoms. The predicted molar refractivity (Wildman–Crippen MR) is 46.5 cm³/mol. The summed E-state index contributed by atoms with van der Waals surface area (Å²) >= 11 is 2.13. The van der Waals surface area contributed by atoms with Crippen LogP contribution >= 0.6 is 11.8 Å². The van der Waals surface area contributed by atoms with Gasteiger partial charge in [0.25, 0.3) is 0 Å². The maximum Gasteiger partial charge on any atom is 0.0104 e. The molecular weight excluding hydrogens is 142 g/mol. The first kappa shape index (κ1) is 6.99. The lowest BCUT2D eigenvalue weighted by Gasteiger charge is -2.13. The van der Waals surface area contributed by atoms with Gasteiger partial charge in [-0.05, 0) is 43.2 Å². The molecule has 0 radical (unpaired) electrons. The Morgan fingerprint density at radius 1 is 1.10 bits per heavy atom. The van der Waals surface area contributed by atoms with E-state index >= 15 is 0 Å². The fourth-order valence-corrected chi connectivity index (χ4v) is 3.15. The topological polar surface area (TPSA) is 12.0 Å². The summed E-state index contributed by atoms with van der Waals surface area (Å²) in [6.07, 6.45) is 4.31. The van der Waals surface area contributed by atoms with Gasteiger partial charge in [-0.15, -0.1) is 0 Å². The maximum absolute atomic E-state index is 3.59. The summed E-state index contributed by atoms with van der Waals surface area (Å²) in [5.74, 6) is 3.81. The normalized spacial score (nSPS) is 40.8. The molecule has 0 aromatic carbocycles. The van der Waals surface area contributed by atoms with Gasteiger partial charge in [0, 0.05) is 6.04 Å². The maximum atomic E-state index is 3.59. The number of rotatable bonds is 0. The number of thioether (sulfide) groups is 1. The minimum atomic E-state index is 0.884. The van der Waals surface area contributed by atoms with Gasteiger partial charge in [-0.3, -0.25) is 0 Å². The third-order valence-corrected chi connectivity index (χ3v) is 3.75. The van der Waals surface area contributed by atoms with Crippen molar-refractivity contribution >= 4 is 11.8 Å². The second kappa shape index (κ2) is 3.14. The molecule has 2 heterocycles. The van der Waals surface area contributed by atoms with E-state index < -0.39 is 0 Å². The molecule has 0 spiro atoms. The Morgan fingerprint density at radius 3 is 3.00 bits per heavy atom. The lowest BCUT2D eigenvalue weighted by molar-refractivity contribution is 0.436. The second-order valence-corrected chi connectivity index (χ2v) is 4.52. The van der Waals surface area contributed by atoms with Crippen LogP contribution in [-0.4, -0.2) is 24.1 Å². The third-order valence-electron chi connectivity index (χ3n) is 2.70. The van der Waals surface area contributed by atoms with Gasteiger partial charge in [-0.25, -0.2) is 0 Å². The molecule has 58 valence electrons. The number of fused-ring (bicyclic) bond motifs is 1. The summed E-state index contributed by atoms with van der Waals surface area (Å²) in [6.45, 7) is 1.28. The SMILES string of the molecule is C1CC2CCSCCC2N1. The Morgan fingerprint density at radius 2 is 2.00 bits per heavy atom. The molecule has 2 rings (SSSR count). The molecule has 2 atom stereocenters. The van der Waals surface area contributed by atoms with E-state index in [1.165, 1.54) is 37.3 Å². The molecular formula is C8H15NS. The highest BCUT2D eigenvalue weighted by Crippen LogP contribution is 2.28. The van der Waals surface area contributed by atoms with E-state index in [1.807, 2.05) is 0 Å². The van der Waals surface area contributed by atoms with Crippen LogP contribution in [0.15, 0.2) is 0 Å². The monoisotopic (exact) mass is 157 g/mol. The Kier molecular flexibility index (Phi) is 2.19. The van der Waals surface area contributed by atoms with Gasteiger partial charge in [0.05, 0.1) is 0 Å². The molecule has 2 unspecified atom stereocenters. The smallest absolute Gasteiger partial charge is 0.0104 e. The van der Waals surface area contributed by atoms with E-state index in [2.05, 4.69) is 17.1 Å². The zero-order valence-electron chi connectivity index (χ0n) is 6.31. The van der Waals surface area contributed by atoms with E-state index in [1.54, 1.807) is 0 Å². The highest BCUT2D eigenvalue weighted by Gasteiger charge is 2.27. The summed E-state index contributed by atoms with van der Waals surface area (Å²) < 4.78 is 0. The molecule has 0 aliphatic carbocycles. The van der Waals surface area contributed by atoms with Crippen LogP contribution in [0.1, 0.15) is 19.3 Å². The molecule has 2 aliphatic rings. The molecule has 0 aromatic heterocycles. The van der Waals surface area contributed by atoms with Crippen molar-refractivity contribution in [1.29, 1.82) is 0 Å². The average Bonchev–Trinajstić information content (AvgIpc) is 2.28. The first-order valence-electron chi connectivity index (χ1n) is 4.28. The molecule has 0 amide bonds. The van der Waals surface area contributed by atoms with Gasteiger partial charge in [0.15, 0.2) is 0 Å². The van der Waals surface area contributed by atoms with Crippen LogP contribution in [0.3, 0.4) is 0 Å². The van der Waals surface area contributed by atoms with Crippen LogP contribution in [0.25, 0.3) is 0 Å². The van der Waals surface area contributed by atoms with Gasteiger partial charge in [-0.2, -0.15) is 11.8 Å². The van der Waals surface area contributed by atoms with Gasteiger partial charge in [-0.1, -0.05) is 0 Å². The highest BCUT2D eigenvalue weighted by atomic mass is 32.2. The molecule has 2 fully saturated rings. The van der Waals surface area contributed by atoms with Crippen molar-refractivity contribution in [2.24, 2.45) is 5.92 Å². The van der Waals surface area contributed by atoms with Crippen molar-refractivity contribution in [3.63, 3.8) is 0 Å². The van der Waals surface area contributed by atoms with E-state index in [4.69, 9.17) is 0 Å². The lowest BCUT2D eigenvalue weighted by atomic mass is 9.96. The summed E-state index contributed by atoms with van der Waals surface area (Å²) in [7, 11) is 0. The lowest BCUT2D eigenvalue weighted by Crippen LogP contribution is -2.26. The van der Waals surface area contributed by atoms with E-state index in [0.29, 0.717) is 0 Å². The van der Waals surface area contributed by atoms with Crippen molar-refractivity contribution in [1.82, 2.24) is 5.32 Å². The standard InChI is InChI=1S/C8H15NS/c1-4-9-8-3-6-10-5-2-7(1)8/h7-9H,1-6H2. The fraction of sp³-hybridized carbons (Fsp3) is 1.00. The van der Waals surface area contributed by atoms with E-state index in [-0.39, 0.29) is 0 Å². The van der Waals surface area contributed by atoms with Crippen LogP contribution in [0, 0.1) is 5.92 Å². The summed E-state index contributed by atoms with van der Waals surface area (Å²) in [4.78, 5) is 0. The van der Waals surface area contributed by atoms with Gasteiger partial charge in [0.2, 0.25) is 0 Å². The van der Waals surface area contributed by atoms with Gasteiger partial charge in [0.1, 0.15) is 0 Å². The molecule has 0 bridgehead atoms. The van der Waals surface area contributed by atoms with Crippen molar-refractivity contribution in [3.8, 4) is 0 Å². The first-order chi connectivity index (χ1) is 4.97. The molecule has 0 saturated carbocycles. The molecule has 2 saturated heterocycles.